The summed E-state index contributed by atoms with van der Waals surface area (Å²) in [6.07, 6.45) is -3.31. The van der Waals surface area contributed by atoms with Crippen LogP contribution in [0.2, 0.25) is 0 Å². The van der Waals surface area contributed by atoms with Crippen LogP contribution in [-0.4, -0.2) is 26.5 Å². The summed E-state index contributed by atoms with van der Waals surface area (Å²) in [4.78, 5) is 31.0. The Bertz CT molecular complexity index is 1250. The van der Waals surface area contributed by atoms with Crippen LogP contribution in [0.15, 0.2) is 69.4 Å². The van der Waals surface area contributed by atoms with Gasteiger partial charge in [-0.1, -0.05) is 61.2 Å². The number of nitrogens with zero attached hydrogens (tertiary/aromatic N) is 2. The second-order valence-electron chi connectivity index (χ2n) is 7.88. The largest absolute Gasteiger partial charge is 0.418 e. The van der Waals surface area contributed by atoms with Crippen LogP contribution in [0.1, 0.15) is 23.7 Å². The Labute approximate surface area is 203 Å². The number of amides is 1. The lowest BCUT2D eigenvalue weighted by atomic mass is 10.1. The van der Waals surface area contributed by atoms with E-state index in [-0.39, 0.29) is 22.2 Å². The summed E-state index contributed by atoms with van der Waals surface area (Å²) in [5, 5.41) is 2.97. The summed E-state index contributed by atoms with van der Waals surface area (Å²) in [6.45, 7) is 2.41. The van der Waals surface area contributed by atoms with Gasteiger partial charge in [-0.3, -0.25) is 14.2 Å². The third-order valence-corrected chi connectivity index (χ3v) is 7.46. The molecule has 1 amide bonds. The van der Waals surface area contributed by atoms with Gasteiger partial charge in [-0.05, 0) is 24.1 Å². The van der Waals surface area contributed by atoms with Crippen LogP contribution in [0.25, 0.3) is 0 Å². The van der Waals surface area contributed by atoms with E-state index in [1.54, 1.807) is 4.57 Å². The SMILES string of the molecule is CC1Cc2nc(SCC(=O)Nc3ccccc3C(F)(F)F)n(CCc3ccccc3)c(=O)c2S1. The summed E-state index contributed by atoms with van der Waals surface area (Å²) in [5.41, 5.74) is 0.432. The number of carbonyl (C=O) groups excluding carboxylic acids is 1. The lowest BCUT2D eigenvalue weighted by Crippen LogP contribution is -2.27. The number of hydrogen-bond acceptors (Lipinski definition) is 5. The number of thioether (sulfide) groups is 2. The molecule has 0 fully saturated rings. The Hall–Kier alpha value is -2.72. The van der Waals surface area contributed by atoms with Crippen molar-refractivity contribution in [3.8, 4) is 0 Å². The molecule has 1 unspecified atom stereocenters. The van der Waals surface area contributed by atoms with Gasteiger partial charge >= 0.3 is 6.18 Å². The third kappa shape index (κ3) is 5.67. The molecule has 0 saturated carbocycles. The molecule has 34 heavy (non-hydrogen) atoms. The predicted molar refractivity (Wildman–Crippen MR) is 128 cm³/mol. The molecule has 0 saturated heterocycles. The van der Waals surface area contributed by atoms with Gasteiger partial charge in [-0.2, -0.15) is 13.2 Å². The van der Waals surface area contributed by atoms with Crippen LogP contribution in [0, 0.1) is 0 Å². The van der Waals surface area contributed by atoms with Crippen LogP contribution in [0.4, 0.5) is 18.9 Å². The van der Waals surface area contributed by atoms with E-state index in [0.717, 1.165) is 23.4 Å². The van der Waals surface area contributed by atoms with Crippen molar-refractivity contribution in [3.05, 3.63) is 81.8 Å². The molecule has 3 aromatic rings. The lowest BCUT2D eigenvalue weighted by molar-refractivity contribution is -0.137. The number of alkyl halides is 3. The summed E-state index contributed by atoms with van der Waals surface area (Å²) >= 11 is 2.55. The summed E-state index contributed by atoms with van der Waals surface area (Å²) in [7, 11) is 0. The van der Waals surface area contributed by atoms with Gasteiger partial charge in [0.25, 0.3) is 5.56 Å². The highest BCUT2D eigenvalue weighted by molar-refractivity contribution is 8.00. The normalized spacial score (nSPS) is 15.2. The van der Waals surface area contributed by atoms with Crippen molar-refractivity contribution < 1.29 is 18.0 Å². The van der Waals surface area contributed by atoms with Gasteiger partial charge in [-0.15, -0.1) is 11.8 Å². The van der Waals surface area contributed by atoms with Gasteiger partial charge in [-0.25, -0.2) is 4.98 Å². The molecule has 0 radical (unpaired) electrons. The van der Waals surface area contributed by atoms with Crippen LogP contribution in [0.3, 0.4) is 0 Å². The average molecular weight is 506 g/mol. The van der Waals surface area contributed by atoms with Crippen molar-refractivity contribution in [2.75, 3.05) is 11.1 Å². The number of benzene rings is 2. The van der Waals surface area contributed by atoms with Gasteiger partial charge in [0, 0.05) is 18.2 Å². The number of hydrogen-bond donors (Lipinski definition) is 1. The molecule has 4 rings (SSSR count). The van der Waals surface area contributed by atoms with E-state index < -0.39 is 17.6 Å². The quantitative estimate of drug-likeness (QED) is 0.350. The maximum absolute atomic E-state index is 13.2. The fourth-order valence-electron chi connectivity index (χ4n) is 3.68. The molecule has 0 aliphatic carbocycles. The van der Waals surface area contributed by atoms with E-state index in [2.05, 4.69) is 10.3 Å². The standard InChI is InChI=1S/C24H22F3N3O2S2/c1-15-13-19-21(34-15)22(32)30(12-11-16-7-3-2-4-8-16)23(29-19)33-14-20(31)28-18-10-6-5-9-17(18)24(25,26)27/h2-10,15H,11-14H2,1H3,(H,28,31). The van der Waals surface area contributed by atoms with Gasteiger partial charge < -0.3 is 5.32 Å². The molecule has 0 spiro atoms. The van der Waals surface area contributed by atoms with Crippen LogP contribution in [-0.2, 0) is 30.4 Å². The lowest BCUT2D eigenvalue weighted by Gasteiger charge is -2.15. The third-order valence-electron chi connectivity index (χ3n) is 5.27. The smallest absolute Gasteiger partial charge is 0.325 e. The predicted octanol–water partition coefficient (Wildman–Crippen LogP) is 5.27. The number of aromatic nitrogens is 2. The Morgan fingerprint density at radius 2 is 1.88 bits per heavy atom. The minimum absolute atomic E-state index is 0.138. The fraction of sp³-hybridized carbons (Fsp3) is 0.292. The second kappa shape index (κ2) is 10.3. The van der Waals surface area contributed by atoms with Crippen molar-refractivity contribution in [3.63, 3.8) is 0 Å². The number of carbonyl (C=O) groups is 1. The number of rotatable bonds is 7. The van der Waals surface area contributed by atoms with Gasteiger partial charge in [0.05, 0.1) is 27.6 Å². The van der Waals surface area contributed by atoms with Gasteiger partial charge in [0.15, 0.2) is 5.16 Å². The summed E-state index contributed by atoms with van der Waals surface area (Å²) in [5.74, 6) is -0.778. The second-order valence-corrected chi connectivity index (χ2v) is 10.3. The van der Waals surface area contributed by atoms with E-state index in [9.17, 15) is 22.8 Å². The molecule has 0 bridgehead atoms. The number of fused-ring (bicyclic) bond motifs is 1. The topological polar surface area (TPSA) is 64.0 Å². The molecule has 2 aromatic carbocycles. The molecule has 1 aliphatic rings. The maximum atomic E-state index is 13.2. The Balaban J connectivity index is 1.53. The molecule has 1 atom stereocenters. The number of aryl methyl sites for hydroxylation is 1. The molecule has 1 N–H and O–H groups in total. The van der Waals surface area contributed by atoms with Gasteiger partial charge in [0.2, 0.25) is 5.91 Å². The molecule has 178 valence electrons. The number of nitrogens with one attached hydrogen (secondary N) is 1. The van der Waals surface area contributed by atoms with Crippen LogP contribution in [0.5, 0.6) is 0 Å². The molecular weight excluding hydrogens is 483 g/mol. The zero-order valence-electron chi connectivity index (χ0n) is 18.3. The molecular formula is C24H22F3N3O2S2. The number of para-hydroxylation sites is 1. The van der Waals surface area contributed by atoms with E-state index in [1.807, 2.05) is 37.3 Å². The van der Waals surface area contributed by atoms with E-state index in [4.69, 9.17) is 0 Å². The van der Waals surface area contributed by atoms with Crippen molar-refractivity contribution in [2.45, 2.75) is 47.8 Å². The van der Waals surface area contributed by atoms with Crippen molar-refractivity contribution in [2.24, 2.45) is 0 Å². The highest BCUT2D eigenvalue weighted by Gasteiger charge is 2.33. The van der Waals surface area contributed by atoms with Crippen molar-refractivity contribution in [1.29, 1.82) is 0 Å². The number of anilines is 1. The van der Waals surface area contributed by atoms with Crippen LogP contribution >= 0.6 is 23.5 Å². The molecule has 1 aliphatic heterocycles. The average Bonchev–Trinajstić information content (AvgIpc) is 3.18. The first-order valence-electron chi connectivity index (χ1n) is 10.7. The Morgan fingerprint density at radius 1 is 1.18 bits per heavy atom. The zero-order chi connectivity index (χ0) is 24.3. The maximum Gasteiger partial charge on any atom is 0.418 e. The minimum Gasteiger partial charge on any atom is -0.325 e. The Kier molecular flexibility index (Phi) is 7.37. The van der Waals surface area contributed by atoms with E-state index in [1.165, 1.54) is 30.0 Å². The van der Waals surface area contributed by atoms with E-state index in [0.29, 0.717) is 35.1 Å². The number of halogens is 3. The van der Waals surface area contributed by atoms with Crippen molar-refractivity contribution in [1.82, 2.24) is 9.55 Å². The first-order valence-corrected chi connectivity index (χ1v) is 12.5. The van der Waals surface area contributed by atoms with Crippen molar-refractivity contribution >= 4 is 35.1 Å². The molecule has 10 heteroatoms. The Morgan fingerprint density at radius 3 is 2.62 bits per heavy atom. The fourth-order valence-corrected chi connectivity index (χ4v) is 5.64. The van der Waals surface area contributed by atoms with Crippen LogP contribution < -0.4 is 10.9 Å². The summed E-state index contributed by atoms with van der Waals surface area (Å²) in [6, 6.07) is 14.6. The monoisotopic (exact) mass is 505 g/mol. The first kappa shape index (κ1) is 24.4. The highest BCUT2D eigenvalue weighted by atomic mass is 32.2. The molecule has 1 aromatic heterocycles. The summed E-state index contributed by atoms with van der Waals surface area (Å²) < 4.78 is 41.2. The molecule has 2 heterocycles. The van der Waals surface area contributed by atoms with Gasteiger partial charge in [0.1, 0.15) is 0 Å². The van der Waals surface area contributed by atoms with E-state index >= 15 is 0 Å². The zero-order valence-corrected chi connectivity index (χ0v) is 19.9. The highest BCUT2D eigenvalue weighted by Crippen LogP contribution is 2.35. The molecule has 5 nitrogen and oxygen atoms in total. The first-order chi connectivity index (χ1) is 16.2. The minimum atomic E-state index is -4.58.